The number of hydrogen-bond acceptors (Lipinski definition) is 1. The first-order valence-corrected chi connectivity index (χ1v) is 4.70. The minimum atomic E-state index is 0.251. The van der Waals surface area contributed by atoms with Crippen molar-refractivity contribution >= 4 is 11.6 Å². The highest BCUT2D eigenvalue weighted by atomic mass is 35.5. The summed E-state index contributed by atoms with van der Waals surface area (Å²) >= 11 is 6.02. The first-order valence-electron chi connectivity index (χ1n) is 4.32. The second kappa shape index (κ2) is 3.72. The van der Waals surface area contributed by atoms with Gasteiger partial charge >= 0.3 is 0 Å². The lowest BCUT2D eigenvalue weighted by atomic mass is 10.1. The smallest absolute Gasteiger partial charge is 0.123 e. The molecule has 0 heterocycles. The number of phenolic OH excluding ortho intramolecular Hbond substituents is 1. The van der Waals surface area contributed by atoms with Crippen LogP contribution in [-0.2, 0) is 0 Å². The van der Waals surface area contributed by atoms with Gasteiger partial charge in [0.1, 0.15) is 5.75 Å². The molecule has 14 heavy (non-hydrogen) atoms. The summed E-state index contributed by atoms with van der Waals surface area (Å²) in [7, 11) is 0. The molecule has 1 nitrogen and oxygen atoms in total. The Balaban J connectivity index is 2.61. The van der Waals surface area contributed by atoms with Gasteiger partial charge in [-0.1, -0.05) is 48.0 Å². The number of para-hydroxylation sites is 1. The number of halogens is 1. The Morgan fingerprint density at radius 2 is 1.36 bits per heavy atom. The molecular formula is C12H9ClO. The van der Waals surface area contributed by atoms with Crippen molar-refractivity contribution in [1.82, 2.24) is 0 Å². The van der Waals surface area contributed by atoms with Crippen LogP contribution in [0.3, 0.4) is 0 Å². The second-order valence-electron chi connectivity index (χ2n) is 3.00. The minimum Gasteiger partial charge on any atom is -0.507 e. The molecule has 0 aliphatic heterocycles. The molecule has 2 aromatic carbocycles. The van der Waals surface area contributed by atoms with E-state index in [1.807, 2.05) is 36.4 Å². The molecule has 0 fully saturated rings. The Morgan fingerprint density at radius 1 is 0.786 bits per heavy atom. The van der Waals surface area contributed by atoms with Gasteiger partial charge in [0, 0.05) is 16.1 Å². The molecule has 0 amide bonds. The van der Waals surface area contributed by atoms with Crippen molar-refractivity contribution in [3.63, 3.8) is 0 Å². The van der Waals surface area contributed by atoms with Gasteiger partial charge in [-0.3, -0.25) is 0 Å². The first kappa shape index (κ1) is 9.10. The third kappa shape index (κ3) is 1.59. The number of rotatable bonds is 1. The molecule has 0 saturated carbocycles. The van der Waals surface area contributed by atoms with Crippen molar-refractivity contribution in [2.24, 2.45) is 0 Å². The highest BCUT2D eigenvalue weighted by Crippen LogP contribution is 2.33. The van der Waals surface area contributed by atoms with E-state index < -0.39 is 0 Å². The number of aromatic hydroxyl groups is 1. The predicted molar refractivity (Wildman–Crippen MR) is 58.6 cm³/mol. The van der Waals surface area contributed by atoms with Crippen LogP contribution < -0.4 is 0 Å². The molecule has 70 valence electrons. The Hall–Kier alpha value is -1.47. The lowest BCUT2D eigenvalue weighted by Crippen LogP contribution is -1.79. The Labute approximate surface area is 87.6 Å². The van der Waals surface area contributed by atoms with Crippen LogP contribution in [0.25, 0.3) is 11.1 Å². The lowest BCUT2D eigenvalue weighted by Gasteiger charge is -2.05. The first-order chi connectivity index (χ1) is 6.79. The molecule has 0 aliphatic rings. The number of phenols is 1. The summed E-state index contributed by atoms with van der Waals surface area (Å²) in [6, 6.07) is 14.6. The van der Waals surface area contributed by atoms with Crippen LogP contribution in [-0.4, -0.2) is 5.11 Å². The van der Waals surface area contributed by atoms with Gasteiger partial charge in [-0.25, -0.2) is 0 Å². The predicted octanol–water partition coefficient (Wildman–Crippen LogP) is 3.71. The maximum absolute atomic E-state index is 9.63. The van der Waals surface area contributed by atoms with E-state index in [1.54, 1.807) is 12.1 Å². The average Bonchev–Trinajstić information content (AvgIpc) is 2.20. The van der Waals surface area contributed by atoms with E-state index in [9.17, 15) is 5.11 Å². The van der Waals surface area contributed by atoms with E-state index in [-0.39, 0.29) is 5.75 Å². The van der Waals surface area contributed by atoms with E-state index >= 15 is 0 Å². The molecule has 0 radical (unpaired) electrons. The molecule has 0 unspecified atom stereocenters. The van der Waals surface area contributed by atoms with Crippen molar-refractivity contribution < 1.29 is 5.11 Å². The zero-order valence-electron chi connectivity index (χ0n) is 7.44. The summed E-state index contributed by atoms with van der Waals surface area (Å²) in [4.78, 5) is 0. The van der Waals surface area contributed by atoms with E-state index in [4.69, 9.17) is 11.6 Å². The van der Waals surface area contributed by atoms with E-state index in [2.05, 4.69) is 0 Å². The van der Waals surface area contributed by atoms with Crippen LogP contribution >= 0.6 is 11.6 Å². The summed E-state index contributed by atoms with van der Waals surface area (Å²) in [5.41, 5.74) is 1.62. The van der Waals surface area contributed by atoms with Gasteiger partial charge in [-0.2, -0.15) is 0 Å². The largest absolute Gasteiger partial charge is 0.507 e. The van der Waals surface area contributed by atoms with Crippen LogP contribution in [0.15, 0.2) is 48.5 Å². The van der Waals surface area contributed by atoms with Crippen LogP contribution in [0.4, 0.5) is 0 Å². The van der Waals surface area contributed by atoms with Gasteiger partial charge in [-0.05, 0) is 12.1 Å². The van der Waals surface area contributed by atoms with Gasteiger partial charge in [0.2, 0.25) is 0 Å². The number of benzene rings is 2. The normalized spacial score (nSPS) is 10.1. The topological polar surface area (TPSA) is 20.2 Å². The minimum absolute atomic E-state index is 0.251. The van der Waals surface area contributed by atoms with Crippen molar-refractivity contribution in [3.05, 3.63) is 53.6 Å². The van der Waals surface area contributed by atoms with Crippen molar-refractivity contribution in [2.45, 2.75) is 0 Å². The Kier molecular flexibility index (Phi) is 2.42. The van der Waals surface area contributed by atoms with Gasteiger partial charge in [-0.15, -0.1) is 0 Å². The van der Waals surface area contributed by atoms with Gasteiger partial charge in [0.05, 0.1) is 0 Å². The summed E-state index contributed by atoms with van der Waals surface area (Å²) in [6.45, 7) is 0. The Morgan fingerprint density at radius 3 is 2.00 bits per heavy atom. The van der Waals surface area contributed by atoms with Gasteiger partial charge in [0.15, 0.2) is 0 Å². The van der Waals surface area contributed by atoms with Crippen LogP contribution in [0, 0.1) is 0 Å². The molecule has 0 atom stereocenters. The molecule has 2 aromatic rings. The SMILES string of the molecule is Oc1ccccc1-c1ccccc1Cl. The van der Waals surface area contributed by atoms with E-state index in [1.165, 1.54) is 0 Å². The summed E-state index contributed by atoms with van der Waals surface area (Å²) < 4.78 is 0. The summed E-state index contributed by atoms with van der Waals surface area (Å²) in [5.74, 6) is 0.251. The third-order valence-electron chi connectivity index (χ3n) is 2.07. The van der Waals surface area contributed by atoms with Crippen molar-refractivity contribution in [2.75, 3.05) is 0 Å². The van der Waals surface area contributed by atoms with Crippen molar-refractivity contribution in [3.8, 4) is 16.9 Å². The van der Waals surface area contributed by atoms with Crippen molar-refractivity contribution in [1.29, 1.82) is 0 Å². The fourth-order valence-electron chi connectivity index (χ4n) is 1.38. The van der Waals surface area contributed by atoms with Crippen LogP contribution in [0.1, 0.15) is 0 Å². The summed E-state index contributed by atoms with van der Waals surface area (Å²) in [5, 5.41) is 10.3. The molecule has 0 bridgehead atoms. The summed E-state index contributed by atoms with van der Waals surface area (Å²) in [6.07, 6.45) is 0. The average molecular weight is 205 g/mol. The highest BCUT2D eigenvalue weighted by molar-refractivity contribution is 6.33. The van der Waals surface area contributed by atoms with E-state index in [0.717, 1.165) is 11.1 Å². The van der Waals surface area contributed by atoms with Gasteiger partial charge < -0.3 is 5.11 Å². The zero-order chi connectivity index (χ0) is 9.97. The fraction of sp³-hybridized carbons (Fsp3) is 0. The standard InChI is InChI=1S/C12H9ClO/c13-11-7-3-1-5-9(11)10-6-2-4-8-12(10)14/h1-8,14H. The molecule has 2 rings (SSSR count). The fourth-order valence-corrected chi connectivity index (χ4v) is 1.62. The Bertz CT molecular complexity index is 408. The van der Waals surface area contributed by atoms with Gasteiger partial charge in [0.25, 0.3) is 0 Å². The number of hydrogen-bond donors (Lipinski definition) is 1. The molecule has 2 heteroatoms. The lowest BCUT2D eigenvalue weighted by molar-refractivity contribution is 0.477. The van der Waals surface area contributed by atoms with Crippen LogP contribution in [0.5, 0.6) is 5.75 Å². The third-order valence-corrected chi connectivity index (χ3v) is 2.40. The zero-order valence-corrected chi connectivity index (χ0v) is 8.20. The van der Waals surface area contributed by atoms with Crippen LogP contribution in [0.2, 0.25) is 5.02 Å². The highest BCUT2D eigenvalue weighted by Gasteiger charge is 2.05. The molecule has 0 aliphatic carbocycles. The van der Waals surface area contributed by atoms with E-state index in [0.29, 0.717) is 5.02 Å². The maximum atomic E-state index is 9.63. The molecular weight excluding hydrogens is 196 g/mol. The molecule has 1 N–H and O–H groups in total. The molecule has 0 saturated heterocycles. The molecule has 0 spiro atoms. The molecule has 0 aromatic heterocycles. The second-order valence-corrected chi connectivity index (χ2v) is 3.40. The monoisotopic (exact) mass is 204 g/mol. The maximum Gasteiger partial charge on any atom is 0.123 e. The quantitative estimate of drug-likeness (QED) is 0.751.